The molecule has 1 N–H and O–H groups in total. The maximum Gasteiger partial charge on any atom is 0.258 e. The third-order valence-corrected chi connectivity index (χ3v) is 3.23. The van der Waals surface area contributed by atoms with Crippen molar-refractivity contribution in [1.82, 2.24) is 19.6 Å². The minimum absolute atomic E-state index is 0.196. The zero-order chi connectivity index (χ0) is 14.8. The van der Waals surface area contributed by atoms with Crippen LogP contribution in [-0.4, -0.2) is 25.5 Å². The number of anilines is 1. The van der Waals surface area contributed by atoms with Gasteiger partial charge in [0, 0.05) is 13.2 Å². The molecule has 0 fully saturated rings. The van der Waals surface area contributed by atoms with Crippen molar-refractivity contribution in [2.75, 3.05) is 5.32 Å². The van der Waals surface area contributed by atoms with Gasteiger partial charge in [0.2, 0.25) is 0 Å². The van der Waals surface area contributed by atoms with Gasteiger partial charge in [0.05, 0.1) is 35.0 Å². The first-order chi connectivity index (χ1) is 10.1. The largest absolute Gasteiger partial charge is 0.319 e. The van der Waals surface area contributed by atoms with Crippen molar-refractivity contribution in [3.8, 4) is 5.69 Å². The summed E-state index contributed by atoms with van der Waals surface area (Å²) in [5, 5.41) is 11.2. The summed E-state index contributed by atoms with van der Waals surface area (Å²) in [4.78, 5) is 12.1. The number of para-hydroxylation sites is 1. The Bertz CT molecular complexity index is 772. The summed E-state index contributed by atoms with van der Waals surface area (Å²) in [6, 6.07) is 9.78. The summed E-state index contributed by atoms with van der Waals surface area (Å²) >= 11 is 0. The first-order valence-corrected chi connectivity index (χ1v) is 6.55. The molecule has 0 radical (unpaired) electrons. The molecular formula is C15H15N5O. The predicted octanol–water partition coefficient (Wildman–Crippen LogP) is 2.17. The second kappa shape index (κ2) is 5.24. The fourth-order valence-corrected chi connectivity index (χ4v) is 2.09. The molecule has 2 heterocycles. The Labute approximate surface area is 122 Å². The van der Waals surface area contributed by atoms with Crippen molar-refractivity contribution >= 4 is 11.6 Å². The van der Waals surface area contributed by atoms with Gasteiger partial charge in [-0.3, -0.25) is 9.48 Å². The van der Waals surface area contributed by atoms with Crippen molar-refractivity contribution in [1.29, 1.82) is 0 Å². The van der Waals surface area contributed by atoms with Crippen LogP contribution in [0.25, 0.3) is 5.69 Å². The molecule has 0 atom stereocenters. The van der Waals surface area contributed by atoms with E-state index in [4.69, 9.17) is 0 Å². The highest BCUT2D eigenvalue weighted by molar-refractivity contribution is 6.04. The van der Waals surface area contributed by atoms with Crippen LogP contribution in [0, 0.1) is 6.92 Å². The van der Waals surface area contributed by atoms with Gasteiger partial charge in [-0.1, -0.05) is 18.2 Å². The summed E-state index contributed by atoms with van der Waals surface area (Å²) < 4.78 is 3.38. The maximum absolute atomic E-state index is 12.1. The van der Waals surface area contributed by atoms with E-state index in [9.17, 15) is 4.79 Å². The average molecular weight is 281 g/mol. The number of nitrogens with zero attached hydrogens (tertiary/aromatic N) is 4. The molecule has 0 saturated heterocycles. The van der Waals surface area contributed by atoms with E-state index in [0.717, 1.165) is 11.4 Å². The lowest BCUT2D eigenvalue weighted by Gasteiger charge is -2.06. The van der Waals surface area contributed by atoms with Crippen LogP contribution in [0.1, 0.15) is 16.1 Å². The Morgan fingerprint density at radius 3 is 2.57 bits per heavy atom. The number of nitrogens with one attached hydrogen (secondary N) is 1. The molecule has 0 spiro atoms. The van der Waals surface area contributed by atoms with Gasteiger partial charge >= 0.3 is 0 Å². The van der Waals surface area contributed by atoms with Crippen LogP contribution in [0.15, 0.2) is 48.9 Å². The number of aromatic nitrogens is 4. The van der Waals surface area contributed by atoms with Gasteiger partial charge in [-0.15, -0.1) is 0 Å². The minimum Gasteiger partial charge on any atom is -0.319 e. The first-order valence-electron chi connectivity index (χ1n) is 6.55. The number of aryl methyl sites for hydroxylation is 1. The van der Waals surface area contributed by atoms with Crippen LogP contribution in [0.2, 0.25) is 0 Å². The summed E-state index contributed by atoms with van der Waals surface area (Å²) in [7, 11) is 1.77. The zero-order valence-electron chi connectivity index (χ0n) is 11.8. The summed E-state index contributed by atoms with van der Waals surface area (Å²) in [5.41, 5.74) is 3.03. The van der Waals surface area contributed by atoms with E-state index in [1.54, 1.807) is 28.8 Å². The summed E-state index contributed by atoms with van der Waals surface area (Å²) in [6.45, 7) is 1.92. The van der Waals surface area contributed by atoms with Crippen molar-refractivity contribution in [2.24, 2.45) is 7.05 Å². The van der Waals surface area contributed by atoms with Crippen molar-refractivity contribution in [3.05, 3.63) is 60.2 Å². The van der Waals surface area contributed by atoms with Gasteiger partial charge in [-0.05, 0) is 19.1 Å². The zero-order valence-corrected chi connectivity index (χ0v) is 11.8. The number of benzene rings is 1. The molecule has 0 aliphatic carbocycles. The topological polar surface area (TPSA) is 64.7 Å². The summed E-state index contributed by atoms with van der Waals surface area (Å²) in [5.74, 6) is -0.196. The van der Waals surface area contributed by atoms with Crippen LogP contribution in [0.3, 0.4) is 0 Å². The van der Waals surface area contributed by atoms with Gasteiger partial charge in [-0.25, -0.2) is 4.68 Å². The number of rotatable bonds is 3. The number of hydrogen-bond donors (Lipinski definition) is 1. The Morgan fingerprint density at radius 1 is 1.14 bits per heavy atom. The molecule has 6 heteroatoms. The summed E-state index contributed by atoms with van der Waals surface area (Å²) in [6.07, 6.45) is 4.86. The van der Waals surface area contributed by atoms with E-state index in [0.29, 0.717) is 11.3 Å². The standard InChI is InChI=1S/C15H15N5O/c1-11-14(18-15(21)12-8-16-19(2)10-12)9-17-20(11)13-6-4-3-5-7-13/h3-10H,1-2H3,(H,18,21). The Balaban J connectivity index is 1.85. The highest BCUT2D eigenvalue weighted by Crippen LogP contribution is 2.18. The fourth-order valence-electron chi connectivity index (χ4n) is 2.09. The molecular weight excluding hydrogens is 266 g/mol. The van der Waals surface area contributed by atoms with Gasteiger partial charge in [0.1, 0.15) is 0 Å². The SMILES string of the molecule is Cc1c(NC(=O)c2cnn(C)c2)cnn1-c1ccccc1. The van der Waals surface area contributed by atoms with Gasteiger partial charge in [0.15, 0.2) is 0 Å². The molecule has 0 aliphatic heterocycles. The minimum atomic E-state index is -0.196. The third kappa shape index (κ3) is 2.55. The number of hydrogen-bond acceptors (Lipinski definition) is 3. The Hall–Kier alpha value is -2.89. The Morgan fingerprint density at radius 2 is 1.90 bits per heavy atom. The van der Waals surface area contributed by atoms with Crippen LogP contribution in [-0.2, 0) is 7.05 Å². The molecule has 1 amide bonds. The number of carbonyl (C=O) groups excluding carboxylic acids is 1. The van der Waals surface area contributed by atoms with E-state index >= 15 is 0 Å². The van der Waals surface area contributed by atoms with Gasteiger partial charge in [0.25, 0.3) is 5.91 Å². The van der Waals surface area contributed by atoms with Crippen LogP contribution < -0.4 is 5.32 Å². The average Bonchev–Trinajstić information content (AvgIpc) is 3.07. The molecule has 1 aromatic carbocycles. The van der Waals surface area contributed by atoms with E-state index < -0.39 is 0 Å². The highest BCUT2D eigenvalue weighted by atomic mass is 16.1. The predicted molar refractivity (Wildman–Crippen MR) is 79.5 cm³/mol. The lowest BCUT2D eigenvalue weighted by Crippen LogP contribution is -2.11. The quantitative estimate of drug-likeness (QED) is 0.800. The monoisotopic (exact) mass is 281 g/mol. The normalized spacial score (nSPS) is 10.6. The third-order valence-electron chi connectivity index (χ3n) is 3.23. The molecule has 2 aromatic heterocycles. The second-order valence-corrected chi connectivity index (χ2v) is 4.75. The molecule has 3 rings (SSSR count). The molecule has 6 nitrogen and oxygen atoms in total. The van der Waals surface area contributed by atoms with E-state index in [2.05, 4.69) is 15.5 Å². The van der Waals surface area contributed by atoms with Crippen molar-refractivity contribution in [3.63, 3.8) is 0 Å². The van der Waals surface area contributed by atoms with Gasteiger partial charge in [-0.2, -0.15) is 10.2 Å². The van der Waals surface area contributed by atoms with E-state index in [1.807, 2.05) is 37.3 Å². The van der Waals surface area contributed by atoms with Crippen molar-refractivity contribution < 1.29 is 4.79 Å². The molecule has 0 bridgehead atoms. The van der Waals surface area contributed by atoms with E-state index in [-0.39, 0.29) is 5.91 Å². The van der Waals surface area contributed by atoms with E-state index in [1.165, 1.54) is 6.20 Å². The second-order valence-electron chi connectivity index (χ2n) is 4.75. The lowest BCUT2D eigenvalue weighted by molar-refractivity contribution is 0.102. The molecule has 0 unspecified atom stereocenters. The first kappa shape index (κ1) is 13.1. The fraction of sp³-hybridized carbons (Fsp3) is 0.133. The molecule has 3 aromatic rings. The van der Waals surface area contributed by atoms with Crippen molar-refractivity contribution in [2.45, 2.75) is 6.92 Å². The molecule has 106 valence electrons. The van der Waals surface area contributed by atoms with Crippen LogP contribution >= 0.6 is 0 Å². The lowest BCUT2D eigenvalue weighted by atomic mass is 10.3. The van der Waals surface area contributed by atoms with Crippen LogP contribution in [0.4, 0.5) is 5.69 Å². The molecule has 0 saturated carbocycles. The highest BCUT2D eigenvalue weighted by Gasteiger charge is 2.13. The molecule has 0 aliphatic rings. The Kier molecular flexibility index (Phi) is 3.27. The maximum atomic E-state index is 12.1. The number of carbonyl (C=O) groups is 1. The smallest absolute Gasteiger partial charge is 0.258 e. The van der Waals surface area contributed by atoms with Gasteiger partial charge < -0.3 is 5.32 Å². The molecule has 21 heavy (non-hydrogen) atoms. The van der Waals surface area contributed by atoms with Crippen LogP contribution in [0.5, 0.6) is 0 Å². The number of amides is 1.